The van der Waals surface area contributed by atoms with Gasteiger partial charge in [0, 0.05) is 6.07 Å². The molecule has 2 atom stereocenters. The zero-order valence-electron chi connectivity index (χ0n) is 14.5. The van der Waals surface area contributed by atoms with Crippen LogP contribution in [0.1, 0.15) is 31.7 Å². The van der Waals surface area contributed by atoms with Gasteiger partial charge in [-0.2, -0.15) is 0 Å². The smallest absolute Gasteiger partial charge is 0.307 e. The fourth-order valence-electron chi connectivity index (χ4n) is 2.42. The van der Waals surface area contributed by atoms with Gasteiger partial charge in [-0.15, -0.1) is 0 Å². The van der Waals surface area contributed by atoms with Gasteiger partial charge in [-0.25, -0.2) is 0 Å². The van der Waals surface area contributed by atoms with Crippen molar-refractivity contribution in [3.8, 4) is 0 Å². The SMILES string of the molecule is C[C@@H](OC(=O)C[C@H](C)c1ccccc1)C(=O)Nc1ccccc1[N+](=O)[O-]. The number of nitro groups is 1. The maximum Gasteiger partial charge on any atom is 0.307 e. The maximum absolute atomic E-state index is 12.2. The predicted molar refractivity (Wildman–Crippen MR) is 96.8 cm³/mol. The van der Waals surface area contributed by atoms with Crippen molar-refractivity contribution in [2.75, 3.05) is 5.32 Å². The van der Waals surface area contributed by atoms with Crippen LogP contribution in [0, 0.1) is 10.1 Å². The van der Waals surface area contributed by atoms with Crippen LogP contribution < -0.4 is 5.32 Å². The lowest BCUT2D eigenvalue weighted by Crippen LogP contribution is -2.30. The standard InChI is InChI=1S/C19H20N2O5/c1-13(15-8-4-3-5-9-15)12-18(22)26-14(2)19(23)20-16-10-6-7-11-17(16)21(24)25/h3-11,13-14H,12H2,1-2H3,(H,20,23)/t13-,14+/m0/s1. The van der Waals surface area contributed by atoms with Gasteiger partial charge >= 0.3 is 5.97 Å². The van der Waals surface area contributed by atoms with Gasteiger partial charge in [0.15, 0.2) is 6.10 Å². The molecule has 0 unspecified atom stereocenters. The average Bonchev–Trinajstić information content (AvgIpc) is 2.62. The maximum atomic E-state index is 12.2. The number of carbonyl (C=O) groups is 2. The van der Waals surface area contributed by atoms with Gasteiger partial charge in [-0.05, 0) is 24.5 Å². The Morgan fingerprint density at radius 1 is 1.08 bits per heavy atom. The molecule has 0 saturated carbocycles. The average molecular weight is 356 g/mol. The number of para-hydroxylation sites is 2. The summed E-state index contributed by atoms with van der Waals surface area (Å²) in [6.45, 7) is 3.32. The molecule has 0 saturated heterocycles. The van der Waals surface area contributed by atoms with Gasteiger partial charge in [0.1, 0.15) is 5.69 Å². The Balaban J connectivity index is 1.92. The number of anilines is 1. The van der Waals surface area contributed by atoms with Crippen molar-refractivity contribution >= 4 is 23.3 Å². The van der Waals surface area contributed by atoms with Crippen LogP contribution >= 0.6 is 0 Å². The summed E-state index contributed by atoms with van der Waals surface area (Å²) in [6, 6.07) is 15.3. The molecule has 2 aromatic carbocycles. The highest BCUT2D eigenvalue weighted by molar-refractivity contribution is 5.96. The van der Waals surface area contributed by atoms with E-state index in [1.807, 2.05) is 37.3 Å². The Morgan fingerprint density at radius 2 is 1.69 bits per heavy atom. The lowest BCUT2D eigenvalue weighted by molar-refractivity contribution is -0.383. The summed E-state index contributed by atoms with van der Waals surface area (Å²) in [7, 11) is 0. The molecule has 0 spiro atoms. The van der Waals surface area contributed by atoms with Gasteiger partial charge < -0.3 is 10.1 Å². The quantitative estimate of drug-likeness (QED) is 0.464. The number of nitrogens with one attached hydrogen (secondary N) is 1. The van der Waals surface area contributed by atoms with Gasteiger partial charge in [0.2, 0.25) is 0 Å². The van der Waals surface area contributed by atoms with Crippen LogP contribution in [0.25, 0.3) is 0 Å². The Kier molecular flexibility index (Phi) is 6.43. The van der Waals surface area contributed by atoms with E-state index in [9.17, 15) is 19.7 Å². The lowest BCUT2D eigenvalue weighted by Gasteiger charge is -2.16. The highest BCUT2D eigenvalue weighted by Gasteiger charge is 2.22. The summed E-state index contributed by atoms with van der Waals surface area (Å²) in [5.41, 5.74) is 0.835. The van der Waals surface area contributed by atoms with Gasteiger partial charge in [-0.3, -0.25) is 19.7 Å². The molecular weight excluding hydrogens is 336 g/mol. The first-order valence-corrected chi connectivity index (χ1v) is 8.17. The van der Waals surface area contributed by atoms with Crippen LogP contribution in [0.15, 0.2) is 54.6 Å². The molecule has 0 aromatic heterocycles. The minimum Gasteiger partial charge on any atom is -0.453 e. The van der Waals surface area contributed by atoms with E-state index in [1.165, 1.54) is 25.1 Å². The number of hydrogen-bond acceptors (Lipinski definition) is 5. The number of hydrogen-bond donors (Lipinski definition) is 1. The Labute approximate surface area is 151 Å². The van der Waals surface area contributed by atoms with Crippen molar-refractivity contribution in [1.82, 2.24) is 0 Å². The first-order valence-electron chi connectivity index (χ1n) is 8.17. The van der Waals surface area contributed by atoms with Crippen molar-refractivity contribution < 1.29 is 19.2 Å². The third kappa shape index (κ3) is 5.14. The largest absolute Gasteiger partial charge is 0.453 e. The van der Waals surface area contributed by atoms with Crippen LogP contribution in [-0.2, 0) is 14.3 Å². The van der Waals surface area contributed by atoms with Crippen molar-refractivity contribution in [3.63, 3.8) is 0 Å². The third-order valence-corrected chi connectivity index (χ3v) is 3.88. The topological polar surface area (TPSA) is 98.5 Å². The van der Waals surface area contributed by atoms with Crippen LogP contribution in [0.2, 0.25) is 0 Å². The van der Waals surface area contributed by atoms with E-state index in [0.29, 0.717) is 0 Å². The van der Waals surface area contributed by atoms with E-state index in [0.717, 1.165) is 5.56 Å². The molecule has 0 heterocycles. The molecule has 2 aromatic rings. The van der Waals surface area contributed by atoms with Crippen molar-refractivity contribution in [1.29, 1.82) is 0 Å². The van der Waals surface area contributed by atoms with E-state index in [1.54, 1.807) is 6.07 Å². The van der Waals surface area contributed by atoms with E-state index in [4.69, 9.17) is 4.74 Å². The fraction of sp³-hybridized carbons (Fsp3) is 0.263. The third-order valence-electron chi connectivity index (χ3n) is 3.88. The molecular formula is C19H20N2O5. The van der Waals surface area contributed by atoms with E-state index < -0.39 is 22.9 Å². The van der Waals surface area contributed by atoms with Gasteiger partial charge in [0.25, 0.3) is 11.6 Å². The van der Waals surface area contributed by atoms with Crippen LogP contribution in [-0.4, -0.2) is 22.9 Å². The molecule has 0 aliphatic rings. The number of esters is 1. The normalized spacial score (nSPS) is 12.7. The predicted octanol–water partition coefficient (Wildman–Crippen LogP) is 3.66. The van der Waals surface area contributed by atoms with Crippen LogP contribution in [0.3, 0.4) is 0 Å². The highest BCUT2D eigenvalue weighted by Crippen LogP contribution is 2.24. The van der Waals surface area contributed by atoms with E-state index in [-0.39, 0.29) is 23.7 Å². The molecule has 0 aliphatic heterocycles. The summed E-state index contributed by atoms with van der Waals surface area (Å²) < 4.78 is 5.16. The molecule has 136 valence electrons. The number of nitro benzene ring substituents is 1. The number of nitrogens with zero attached hydrogens (tertiary/aromatic N) is 1. The van der Waals surface area contributed by atoms with Crippen molar-refractivity contribution in [3.05, 3.63) is 70.3 Å². The second kappa shape index (κ2) is 8.75. The molecule has 7 nitrogen and oxygen atoms in total. The molecule has 7 heteroatoms. The molecule has 0 aliphatic carbocycles. The fourth-order valence-corrected chi connectivity index (χ4v) is 2.42. The summed E-state index contributed by atoms with van der Waals surface area (Å²) >= 11 is 0. The number of rotatable bonds is 7. The Morgan fingerprint density at radius 3 is 2.35 bits per heavy atom. The molecule has 2 rings (SSSR count). The summed E-state index contributed by atoms with van der Waals surface area (Å²) in [5.74, 6) is -1.18. The van der Waals surface area contributed by atoms with Gasteiger partial charge in [-0.1, -0.05) is 49.4 Å². The number of benzene rings is 2. The monoisotopic (exact) mass is 356 g/mol. The van der Waals surface area contributed by atoms with Crippen LogP contribution in [0.4, 0.5) is 11.4 Å². The zero-order chi connectivity index (χ0) is 19.1. The van der Waals surface area contributed by atoms with Gasteiger partial charge in [0.05, 0.1) is 11.3 Å². The van der Waals surface area contributed by atoms with Crippen molar-refractivity contribution in [2.45, 2.75) is 32.3 Å². The first kappa shape index (κ1) is 19.1. The molecule has 26 heavy (non-hydrogen) atoms. The van der Waals surface area contributed by atoms with E-state index >= 15 is 0 Å². The zero-order valence-corrected chi connectivity index (χ0v) is 14.5. The molecule has 0 radical (unpaired) electrons. The van der Waals surface area contributed by atoms with E-state index in [2.05, 4.69) is 5.32 Å². The number of carbonyl (C=O) groups excluding carboxylic acids is 2. The number of ether oxygens (including phenoxy) is 1. The second-order valence-corrected chi connectivity index (χ2v) is 5.91. The highest BCUT2D eigenvalue weighted by atomic mass is 16.6. The Bertz CT molecular complexity index is 792. The minimum absolute atomic E-state index is 0.0471. The minimum atomic E-state index is -1.06. The molecule has 0 bridgehead atoms. The summed E-state index contributed by atoms with van der Waals surface area (Å²) in [5, 5.41) is 13.4. The molecule has 1 N–H and O–H groups in total. The first-order chi connectivity index (χ1) is 12.4. The lowest BCUT2D eigenvalue weighted by atomic mass is 9.98. The Hall–Kier alpha value is -3.22. The number of amides is 1. The van der Waals surface area contributed by atoms with Crippen molar-refractivity contribution in [2.24, 2.45) is 0 Å². The summed E-state index contributed by atoms with van der Waals surface area (Å²) in [6.07, 6.45) is -0.932. The molecule has 0 fully saturated rings. The van der Waals surface area contributed by atoms with Crippen LogP contribution in [0.5, 0.6) is 0 Å². The molecule has 1 amide bonds. The second-order valence-electron chi connectivity index (χ2n) is 5.91. The summed E-state index contributed by atoms with van der Waals surface area (Å²) in [4.78, 5) is 34.6.